The molecule has 0 radical (unpaired) electrons. The molecular formula is C18H12ClFN6OS. The molecule has 0 bridgehead atoms. The first-order chi connectivity index (χ1) is 13.6. The van der Waals surface area contributed by atoms with E-state index in [4.69, 9.17) is 11.6 Å². The zero-order valence-electron chi connectivity index (χ0n) is 14.2. The van der Waals surface area contributed by atoms with Crippen LogP contribution < -0.4 is 5.32 Å². The second-order valence-corrected chi connectivity index (χ2v) is 7.05. The SMILES string of the molecule is O=C(CSc1ncnc2c1cnn2-c1ccc(F)cc1)Nc1ccc(Cl)cn1. The molecule has 4 aromatic rings. The average Bonchev–Trinajstić information content (AvgIpc) is 3.13. The van der Waals surface area contributed by atoms with E-state index in [0.717, 1.165) is 0 Å². The molecule has 0 aliphatic heterocycles. The Kier molecular flexibility index (Phi) is 5.18. The first-order valence-electron chi connectivity index (χ1n) is 8.09. The summed E-state index contributed by atoms with van der Waals surface area (Å²) in [6, 6.07) is 9.21. The third-order valence-corrected chi connectivity index (χ3v) is 4.96. The van der Waals surface area contributed by atoms with Gasteiger partial charge in [-0.1, -0.05) is 23.4 Å². The number of pyridine rings is 1. The molecule has 28 heavy (non-hydrogen) atoms. The Hall–Kier alpha value is -3.04. The van der Waals surface area contributed by atoms with Gasteiger partial charge < -0.3 is 5.32 Å². The van der Waals surface area contributed by atoms with E-state index in [-0.39, 0.29) is 17.5 Å². The van der Waals surface area contributed by atoms with Crippen molar-refractivity contribution in [2.24, 2.45) is 0 Å². The lowest BCUT2D eigenvalue weighted by molar-refractivity contribution is -0.113. The molecule has 1 N–H and O–H groups in total. The number of rotatable bonds is 5. The predicted octanol–water partition coefficient (Wildman–Crippen LogP) is 3.73. The molecule has 0 atom stereocenters. The van der Waals surface area contributed by atoms with Gasteiger partial charge in [0.15, 0.2) is 5.65 Å². The normalized spacial score (nSPS) is 10.9. The Morgan fingerprint density at radius 2 is 1.93 bits per heavy atom. The van der Waals surface area contributed by atoms with Gasteiger partial charge in [0.25, 0.3) is 0 Å². The van der Waals surface area contributed by atoms with Crippen molar-refractivity contribution in [1.29, 1.82) is 0 Å². The summed E-state index contributed by atoms with van der Waals surface area (Å²) in [5.74, 6) is 0.00904. The fourth-order valence-electron chi connectivity index (χ4n) is 2.47. The Balaban J connectivity index is 1.50. The van der Waals surface area contributed by atoms with Crippen LogP contribution in [0.1, 0.15) is 0 Å². The van der Waals surface area contributed by atoms with Crippen LogP contribution in [0.3, 0.4) is 0 Å². The summed E-state index contributed by atoms with van der Waals surface area (Å²) in [5.41, 5.74) is 1.25. The van der Waals surface area contributed by atoms with Crippen molar-refractivity contribution in [3.63, 3.8) is 0 Å². The van der Waals surface area contributed by atoms with Gasteiger partial charge in [-0.25, -0.2) is 24.0 Å². The molecule has 0 aliphatic carbocycles. The topological polar surface area (TPSA) is 85.6 Å². The molecule has 10 heteroatoms. The summed E-state index contributed by atoms with van der Waals surface area (Å²) < 4.78 is 14.7. The van der Waals surface area contributed by atoms with E-state index in [9.17, 15) is 9.18 Å². The zero-order valence-corrected chi connectivity index (χ0v) is 15.8. The molecule has 0 saturated heterocycles. The highest BCUT2D eigenvalue weighted by Gasteiger charge is 2.13. The minimum atomic E-state index is -0.327. The maximum absolute atomic E-state index is 13.2. The van der Waals surface area contributed by atoms with E-state index < -0.39 is 0 Å². The predicted molar refractivity (Wildman–Crippen MR) is 105 cm³/mol. The number of hydrogen-bond acceptors (Lipinski definition) is 6. The fourth-order valence-corrected chi connectivity index (χ4v) is 3.34. The molecule has 4 rings (SSSR count). The van der Waals surface area contributed by atoms with Crippen molar-refractivity contribution in [3.05, 3.63) is 66.0 Å². The van der Waals surface area contributed by atoms with Crippen molar-refractivity contribution < 1.29 is 9.18 Å². The number of anilines is 1. The number of hydrogen-bond donors (Lipinski definition) is 1. The van der Waals surface area contributed by atoms with E-state index in [1.54, 1.807) is 35.1 Å². The number of amides is 1. The molecule has 3 heterocycles. The Morgan fingerprint density at radius 3 is 2.68 bits per heavy atom. The fraction of sp³-hybridized carbons (Fsp3) is 0.0556. The van der Waals surface area contributed by atoms with E-state index in [1.807, 2.05) is 0 Å². The zero-order chi connectivity index (χ0) is 19.5. The van der Waals surface area contributed by atoms with Gasteiger partial charge in [0.1, 0.15) is 23.0 Å². The van der Waals surface area contributed by atoms with E-state index in [0.29, 0.717) is 32.6 Å². The number of aromatic nitrogens is 5. The number of carbonyl (C=O) groups is 1. The summed E-state index contributed by atoms with van der Waals surface area (Å²) in [4.78, 5) is 24.7. The highest BCUT2D eigenvalue weighted by molar-refractivity contribution is 8.00. The number of fused-ring (bicyclic) bond motifs is 1. The van der Waals surface area contributed by atoms with E-state index >= 15 is 0 Å². The number of carbonyl (C=O) groups excluding carboxylic acids is 1. The summed E-state index contributed by atoms with van der Waals surface area (Å²) in [7, 11) is 0. The highest BCUT2D eigenvalue weighted by atomic mass is 35.5. The van der Waals surface area contributed by atoms with Crippen LogP contribution >= 0.6 is 23.4 Å². The number of halogens is 2. The maximum atomic E-state index is 13.2. The quantitative estimate of drug-likeness (QED) is 0.395. The van der Waals surface area contributed by atoms with Crippen LogP contribution in [0.2, 0.25) is 5.02 Å². The molecule has 0 unspecified atom stereocenters. The molecule has 3 aromatic heterocycles. The lowest BCUT2D eigenvalue weighted by atomic mass is 10.3. The number of nitrogens with zero attached hydrogens (tertiary/aromatic N) is 5. The average molecular weight is 415 g/mol. The van der Waals surface area contributed by atoms with Crippen molar-refractivity contribution in [2.75, 3.05) is 11.1 Å². The molecule has 0 saturated carbocycles. The highest BCUT2D eigenvalue weighted by Crippen LogP contribution is 2.26. The Labute approximate surface area is 168 Å². The van der Waals surface area contributed by atoms with Crippen molar-refractivity contribution in [2.45, 2.75) is 5.03 Å². The van der Waals surface area contributed by atoms with Gasteiger partial charge >= 0.3 is 0 Å². The first kappa shape index (κ1) is 18.3. The van der Waals surface area contributed by atoms with Crippen LogP contribution in [0.15, 0.2) is 60.1 Å². The summed E-state index contributed by atoms with van der Waals surface area (Å²) in [6.45, 7) is 0. The lowest BCUT2D eigenvalue weighted by Crippen LogP contribution is -2.15. The second-order valence-electron chi connectivity index (χ2n) is 5.65. The summed E-state index contributed by atoms with van der Waals surface area (Å²) in [6.07, 6.45) is 4.49. The van der Waals surface area contributed by atoms with Crippen molar-refractivity contribution >= 4 is 46.1 Å². The maximum Gasteiger partial charge on any atom is 0.235 e. The van der Waals surface area contributed by atoms with Crippen LogP contribution in [-0.4, -0.2) is 36.4 Å². The van der Waals surface area contributed by atoms with Crippen molar-refractivity contribution in [3.8, 4) is 5.69 Å². The Morgan fingerprint density at radius 1 is 1.11 bits per heavy atom. The van der Waals surface area contributed by atoms with Crippen LogP contribution in [0.25, 0.3) is 16.7 Å². The van der Waals surface area contributed by atoms with Crippen LogP contribution in [0.4, 0.5) is 10.2 Å². The molecule has 0 spiro atoms. The lowest BCUT2D eigenvalue weighted by Gasteiger charge is -2.05. The van der Waals surface area contributed by atoms with Crippen LogP contribution in [-0.2, 0) is 4.79 Å². The van der Waals surface area contributed by atoms with Crippen LogP contribution in [0.5, 0.6) is 0 Å². The molecule has 1 amide bonds. The smallest absolute Gasteiger partial charge is 0.235 e. The summed E-state index contributed by atoms with van der Waals surface area (Å²) in [5, 5.41) is 8.83. The van der Waals surface area contributed by atoms with Crippen molar-refractivity contribution in [1.82, 2.24) is 24.7 Å². The van der Waals surface area contributed by atoms with Gasteiger partial charge in [0.05, 0.1) is 28.0 Å². The van der Waals surface area contributed by atoms with Gasteiger partial charge in [-0.05, 0) is 36.4 Å². The minimum absolute atomic E-state index is 0.137. The van der Waals surface area contributed by atoms with Gasteiger partial charge in [-0.2, -0.15) is 5.10 Å². The molecule has 0 fully saturated rings. The van der Waals surface area contributed by atoms with E-state index in [1.165, 1.54) is 36.4 Å². The third kappa shape index (κ3) is 3.95. The van der Waals surface area contributed by atoms with Gasteiger partial charge in [-0.3, -0.25) is 4.79 Å². The summed E-state index contributed by atoms with van der Waals surface area (Å²) >= 11 is 7.04. The molecule has 140 valence electrons. The third-order valence-electron chi connectivity index (χ3n) is 3.74. The van der Waals surface area contributed by atoms with Gasteiger partial charge in [0.2, 0.25) is 5.91 Å². The monoisotopic (exact) mass is 414 g/mol. The number of nitrogens with one attached hydrogen (secondary N) is 1. The van der Waals surface area contributed by atoms with Gasteiger partial charge in [0, 0.05) is 6.20 Å². The minimum Gasteiger partial charge on any atom is -0.310 e. The Bertz CT molecular complexity index is 1130. The standard InChI is InChI=1S/C18H12ClFN6OS/c19-11-1-6-15(21-7-11)25-16(27)9-28-18-14-8-24-26(17(14)22-10-23-18)13-4-2-12(20)3-5-13/h1-8,10H,9H2,(H,21,25,27). The van der Waals surface area contributed by atoms with Crippen LogP contribution in [0, 0.1) is 5.82 Å². The second kappa shape index (κ2) is 7.91. The largest absolute Gasteiger partial charge is 0.310 e. The molecule has 7 nitrogen and oxygen atoms in total. The molecule has 1 aromatic carbocycles. The van der Waals surface area contributed by atoms with E-state index in [2.05, 4.69) is 25.4 Å². The number of thioether (sulfide) groups is 1. The van der Waals surface area contributed by atoms with Gasteiger partial charge in [-0.15, -0.1) is 0 Å². The first-order valence-corrected chi connectivity index (χ1v) is 9.45. The molecular weight excluding hydrogens is 403 g/mol. The molecule has 0 aliphatic rings. The number of benzene rings is 1.